The number of hydrogen-bond acceptors (Lipinski definition) is 5. The van der Waals surface area contributed by atoms with E-state index >= 15 is 0 Å². The molecular formula is C29H25F4N5O2. The van der Waals surface area contributed by atoms with Gasteiger partial charge in [0.1, 0.15) is 11.4 Å². The van der Waals surface area contributed by atoms with E-state index in [0.29, 0.717) is 29.1 Å². The van der Waals surface area contributed by atoms with Crippen LogP contribution in [0.3, 0.4) is 0 Å². The molecule has 7 nitrogen and oxygen atoms in total. The molecule has 0 saturated heterocycles. The highest BCUT2D eigenvalue weighted by atomic mass is 19.4. The number of aromatic nitrogens is 4. The third-order valence-corrected chi connectivity index (χ3v) is 7.11. The zero-order valence-electron chi connectivity index (χ0n) is 21.4. The summed E-state index contributed by atoms with van der Waals surface area (Å²) in [6.45, 7) is 2.32. The van der Waals surface area contributed by atoms with Gasteiger partial charge < -0.3 is 14.8 Å². The van der Waals surface area contributed by atoms with Crippen molar-refractivity contribution in [1.82, 2.24) is 25.1 Å². The first-order chi connectivity index (χ1) is 19.2. The summed E-state index contributed by atoms with van der Waals surface area (Å²) >= 11 is 0. The molecule has 3 aromatic carbocycles. The minimum atomic E-state index is -4.52. The largest absolute Gasteiger partial charge is 0.505 e. The number of imidazole rings is 1. The second-order valence-electron chi connectivity index (χ2n) is 9.91. The van der Waals surface area contributed by atoms with Crippen molar-refractivity contribution in [3.63, 3.8) is 0 Å². The molecule has 0 saturated carbocycles. The van der Waals surface area contributed by atoms with Crippen LogP contribution in [0.25, 0.3) is 33.5 Å². The third-order valence-electron chi connectivity index (χ3n) is 7.11. The Balaban J connectivity index is 1.27. The number of aromatic hydroxyl groups is 1. The van der Waals surface area contributed by atoms with E-state index in [2.05, 4.69) is 26.1 Å². The van der Waals surface area contributed by atoms with Gasteiger partial charge in [0, 0.05) is 31.4 Å². The summed E-state index contributed by atoms with van der Waals surface area (Å²) in [6, 6.07) is 14.7. The highest BCUT2D eigenvalue weighted by Gasteiger charge is 2.30. The van der Waals surface area contributed by atoms with Crippen LogP contribution in [-0.2, 0) is 25.9 Å². The fraction of sp³-hybridized carbons (Fsp3) is 0.241. The van der Waals surface area contributed by atoms with Gasteiger partial charge in [0.05, 0.1) is 30.4 Å². The van der Waals surface area contributed by atoms with Gasteiger partial charge in [-0.15, -0.1) is 0 Å². The number of aromatic amines is 2. The molecule has 11 heteroatoms. The molecule has 0 spiro atoms. The molecule has 1 aliphatic heterocycles. The van der Waals surface area contributed by atoms with E-state index in [4.69, 9.17) is 9.72 Å². The molecular weight excluding hydrogens is 526 g/mol. The van der Waals surface area contributed by atoms with Crippen molar-refractivity contribution in [1.29, 1.82) is 0 Å². The molecule has 0 radical (unpaired) electrons. The van der Waals surface area contributed by atoms with Crippen LogP contribution in [-0.4, -0.2) is 50.0 Å². The monoisotopic (exact) mass is 551 g/mol. The summed E-state index contributed by atoms with van der Waals surface area (Å²) in [5, 5.41) is 17.7. The molecule has 6 rings (SSSR count). The van der Waals surface area contributed by atoms with Crippen LogP contribution in [0.5, 0.6) is 11.5 Å². The third kappa shape index (κ3) is 5.12. The van der Waals surface area contributed by atoms with E-state index in [1.165, 1.54) is 0 Å². The van der Waals surface area contributed by atoms with Crippen LogP contribution in [0.1, 0.15) is 22.5 Å². The Hall–Kier alpha value is -4.38. The Bertz CT molecular complexity index is 1710. The quantitative estimate of drug-likeness (QED) is 0.221. The number of halogens is 4. The molecule has 0 amide bonds. The lowest BCUT2D eigenvalue weighted by Gasteiger charge is -2.26. The number of fused-ring (bicyclic) bond motifs is 2. The maximum atomic E-state index is 14.1. The molecule has 206 valence electrons. The topological polar surface area (TPSA) is 90.1 Å². The van der Waals surface area contributed by atoms with Crippen LogP contribution in [0, 0.1) is 5.82 Å². The highest BCUT2D eigenvalue weighted by molar-refractivity contribution is 5.94. The average Bonchev–Trinajstić information content (AvgIpc) is 3.53. The number of nitrogens with zero attached hydrogens (tertiary/aromatic N) is 3. The zero-order chi connectivity index (χ0) is 28.0. The summed E-state index contributed by atoms with van der Waals surface area (Å²) in [7, 11) is 1.65. The van der Waals surface area contributed by atoms with Crippen molar-refractivity contribution in [2.45, 2.75) is 32.1 Å². The summed E-state index contributed by atoms with van der Waals surface area (Å²) < 4.78 is 59.0. The molecule has 0 aliphatic carbocycles. The number of phenols is 1. The van der Waals surface area contributed by atoms with Crippen molar-refractivity contribution < 1.29 is 27.4 Å². The maximum Gasteiger partial charge on any atom is 0.393 e. The molecule has 5 aromatic rings. The number of alkyl halides is 3. The van der Waals surface area contributed by atoms with Gasteiger partial charge in [-0.2, -0.15) is 18.3 Å². The van der Waals surface area contributed by atoms with Gasteiger partial charge in [-0.05, 0) is 58.7 Å². The van der Waals surface area contributed by atoms with E-state index in [0.717, 1.165) is 59.7 Å². The Kier molecular flexibility index (Phi) is 6.46. The number of methoxy groups -OCH3 is 1. The number of ether oxygens (including phenoxy) is 1. The molecule has 0 unspecified atom stereocenters. The van der Waals surface area contributed by atoms with Crippen LogP contribution < -0.4 is 4.74 Å². The Morgan fingerprint density at radius 2 is 1.95 bits per heavy atom. The summed E-state index contributed by atoms with van der Waals surface area (Å²) in [5.41, 5.74) is 4.49. The van der Waals surface area contributed by atoms with E-state index in [9.17, 15) is 22.7 Å². The number of hydrogen-bond donors (Lipinski definition) is 3. The van der Waals surface area contributed by atoms with Crippen molar-refractivity contribution in [3.05, 3.63) is 82.9 Å². The standard InChI is InChI=1S/C29H25F4N5O2/c1-40-19-4-2-3-16(9-19)14-38-8-7-23-25(15-38)35-28(34-23)27-20-6-5-17(10-24(20)36-37-27)21-12-22(30)26(39)11-18(21)13-29(31,32)33/h2-6,9-12,39H,7-8,13-15H2,1H3,(H,34,35)(H,36,37). The Labute approximate surface area is 226 Å². The molecule has 2 aromatic heterocycles. The fourth-order valence-corrected chi connectivity index (χ4v) is 5.23. The van der Waals surface area contributed by atoms with E-state index in [1.807, 2.05) is 18.2 Å². The minimum absolute atomic E-state index is 0.0512. The maximum absolute atomic E-state index is 14.1. The first-order valence-corrected chi connectivity index (χ1v) is 12.7. The zero-order valence-corrected chi connectivity index (χ0v) is 21.4. The van der Waals surface area contributed by atoms with E-state index in [-0.39, 0.29) is 11.1 Å². The number of phenolic OH excluding ortho intramolecular Hbond substituents is 1. The van der Waals surface area contributed by atoms with Gasteiger partial charge in [0.2, 0.25) is 0 Å². The lowest BCUT2D eigenvalue weighted by molar-refractivity contribution is -0.127. The van der Waals surface area contributed by atoms with Crippen LogP contribution in [0.2, 0.25) is 0 Å². The first-order valence-electron chi connectivity index (χ1n) is 12.7. The van der Waals surface area contributed by atoms with Crippen LogP contribution in [0.15, 0.2) is 54.6 Å². The molecule has 0 atom stereocenters. The fourth-order valence-electron chi connectivity index (χ4n) is 5.23. The number of H-pyrrole nitrogens is 2. The summed E-state index contributed by atoms with van der Waals surface area (Å²) in [6.07, 6.45) is -5.04. The van der Waals surface area contributed by atoms with E-state index < -0.39 is 24.2 Å². The number of nitrogens with one attached hydrogen (secondary N) is 2. The number of benzene rings is 3. The summed E-state index contributed by atoms with van der Waals surface area (Å²) in [5.74, 6) is -0.398. The minimum Gasteiger partial charge on any atom is -0.505 e. The van der Waals surface area contributed by atoms with Crippen molar-refractivity contribution >= 4 is 10.9 Å². The predicted molar refractivity (Wildman–Crippen MR) is 141 cm³/mol. The lowest BCUT2D eigenvalue weighted by atomic mass is 9.96. The molecule has 1 aliphatic rings. The first kappa shape index (κ1) is 25.9. The van der Waals surface area contributed by atoms with Crippen LogP contribution >= 0.6 is 0 Å². The number of rotatable bonds is 6. The lowest BCUT2D eigenvalue weighted by Crippen LogP contribution is -2.30. The predicted octanol–water partition coefficient (Wildman–Crippen LogP) is 6.14. The molecule has 0 bridgehead atoms. The molecule has 3 N–H and O–H groups in total. The van der Waals surface area contributed by atoms with Gasteiger partial charge in [-0.25, -0.2) is 9.37 Å². The van der Waals surface area contributed by atoms with E-state index in [1.54, 1.807) is 25.3 Å². The average molecular weight is 552 g/mol. The van der Waals surface area contributed by atoms with Gasteiger partial charge in [-0.3, -0.25) is 10.00 Å². The van der Waals surface area contributed by atoms with Crippen molar-refractivity contribution in [2.24, 2.45) is 0 Å². The Morgan fingerprint density at radius 3 is 2.75 bits per heavy atom. The van der Waals surface area contributed by atoms with Gasteiger partial charge in [0.15, 0.2) is 17.4 Å². The van der Waals surface area contributed by atoms with Crippen molar-refractivity contribution in [3.8, 4) is 34.1 Å². The smallest absolute Gasteiger partial charge is 0.393 e. The normalized spacial score (nSPS) is 14.0. The summed E-state index contributed by atoms with van der Waals surface area (Å²) in [4.78, 5) is 10.5. The molecule has 40 heavy (non-hydrogen) atoms. The van der Waals surface area contributed by atoms with Gasteiger partial charge in [0.25, 0.3) is 0 Å². The van der Waals surface area contributed by atoms with Crippen LogP contribution in [0.4, 0.5) is 17.6 Å². The SMILES string of the molecule is COc1cccc(CN2CCc3nc(-c4n[nH]c5cc(-c6cc(F)c(O)cc6CC(F)(F)F)ccc45)[nH]c3C2)c1. The second kappa shape index (κ2) is 9.98. The molecule has 0 fully saturated rings. The molecule has 3 heterocycles. The van der Waals surface area contributed by atoms with Gasteiger partial charge in [-0.1, -0.05) is 18.2 Å². The van der Waals surface area contributed by atoms with Crippen molar-refractivity contribution in [2.75, 3.05) is 13.7 Å². The highest BCUT2D eigenvalue weighted by Crippen LogP contribution is 2.36. The van der Waals surface area contributed by atoms with Gasteiger partial charge >= 0.3 is 6.18 Å². The Morgan fingerprint density at radius 1 is 1.10 bits per heavy atom. The second-order valence-corrected chi connectivity index (χ2v) is 9.91.